The maximum atomic E-state index is 11.4. The van der Waals surface area contributed by atoms with Crippen molar-refractivity contribution in [2.24, 2.45) is 0 Å². The molecule has 1 amide bonds. The molecule has 0 atom stereocenters. The molecule has 18 heavy (non-hydrogen) atoms. The van der Waals surface area contributed by atoms with Crippen LogP contribution in [0, 0.1) is 0 Å². The lowest BCUT2D eigenvalue weighted by Crippen LogP contribution is -2.35. The second-order valence-corrected chi connectivity index (χ2v) is 3.52. The zero-order valence-electron chi connectivity index (χ0n) is 10.8. The number of nitrogens with zero attached hydrogens (tertiary/aromatic N) is 4. The van der Waals surface area contributed by atoms with Gasteiger partial charge < -0.3 is 20.7 Å². The van der Waals surface area contributed by atoms with Crippen molar-refractivity contribution >= 4 is 17.8 Å². The van der Waals surface area contributed by atoms with Crippen LogP contribution in [0.15, 0.2) is 0 Å². The van der Waals surface area contributed by atoms with Crippen LogP contribution in [0.4, 0.5) is 11.9 Å². The largest absolute Gasteiger partial charge is 0.464 e. The number of amides is 1. The first kappa shape index (κ1) is 13.9. The van der Waals surface area contributed by atoms with Gasteiger partial charge in [0.15, 0.2) is 0 Å². The van der Waals surface area contributed by atoms with Crippen molar-refractivity contribution in [3.05, 3.63) is 0 Å². The number of carbonyl (C=O) groups is 1. The molecule has 8 nitrogen and oxygen atoms in total. The Kier molecular flexibility index (Phi) is 5.09. The number of nitrogen functional groups attached to an aromatic ring is 1. The minimum absolute atomic E-state index is 0.0613. The van der Waals surface area contributed by atoms with Crippen molar-refractivity contribution in [2.75, 3.05) is 37.4 Å². The average Bonchev–Trinajstić information content (AvgIpc) is 2.28. The smallest absolute Gasteiger partial charge is 0.323 e. The van der Waals surface area contributed by atoms with Gasteiger partial charge in [0.05, 0.1) is 13.2 Å². The highest BCUT2D eigenvalue weighted by atomic mass is 16.5. The molecule has 0 bridgehead atoms. The molecule has 8 heteroatoms. The number of hydrogen-bond acceptors (Lipinski definition) is 7. The SMILES string of the molecule is CCNC(=O)CN(C)c1nc(N)nc(OCC)n1. The van der Waals surface area contributed by atoms with Crippen LogP contribution in [-0.4, -0.2) is 47.6 Å². The molecule has 0 saturated carbocycles. The van der Waals surface area contributed by atoms with Crippen LogP contribution < -0.4 is 20.7 Å². The summed E-state index contributed by atoms with van der Waals surface area (Å²) in [6.07, 6.45) is 0. The predicted octanol–water partition coefficient (Wildman–Crippen LogP) is -0.575. The summed E-state index contributed by atoms with van der Waals surface area (Å²) in [7, 11) is 1.69. The van der Waals surface area contributed by atoms with Gasteiger partial charge in [0.2, 0.25) is 17.8 Å². The topological polar surface area (TPSA) is 106 Å². The van der Waals surface area contributed by atoms with Gasteiger partial charge in [-0.05, 0) is 13.8 Å². The second-order valence-electron chi connectivity index (χ2n) is 3.52. The maximum Gasteiger partial charge on any atom is 0.323 e. The number of nitrogens with one attached hydrogen (secondary N) is 1. The Bertz CT molecular complexity index is 411. The van der Waals surface area contributed by atoms with Crippen molar-refractivity contribution in [1.29, 1.82) is 0 Å². The van der Waals surface area contributed by atoms with Crippen LogP contribution in [0.1, 0.15) is 13.8 Å². The molecular formula is C10H18N6O2. The summed E-state index contributed by atoms with van der Waals surface area (Å²) in [6.45, 7) is 4.83. The molecule has 0 aliphatic carbocycles. The Morgan fingerprint density at radius 2 is 2.11 bits per heavy atom. The molecule has 1 aromatic heterocycles. The van der Waals surface area contributed by atoms with Crippen molar-refractivity contribution in [1.82, 2.24) is 20.3 Å². The number of likely N-dealkylation sites (N-methyl/N-ethyl adjacent to an activating group) is 2. The number of aromatic nitrogens is 3. The van der Waals surface area contributed by atoms with E-state index in [2.05, 4.69) is 20.3 Å². The number of hydrogen-bond donors (Lipinski definition) is 2. The third kappa shape index (κ3) is 4.04. The monoisotopic (exact) mass is 254 g/mol. The lowest BCUT2D eigenvalue weighted by Gasteiger charge is -2.16. The van der Waals surface area contributed by atoms with Gasteiger partial charge >= 0.3 is 6.01 Å². The summed E-state index contributed by atoms with van der Waals surface area (Å²) in [5.74, 6) is 0.250. The first-order valence-electron chi connectivity index (χ1n) is 5.69. The van der Waals surface area contributed by atoms with Crippen LogP contribution >= 0.6 is 0 Å². The third-order valence-electron chi connectivity index (χ3n) is 1.99. The molecule has 0 saturated heterocycles. The number of ether oxygens (including phenoxy) is 1. The van der Waals surface area contributed by atoms with E-state index < -0.39 is 0 Å². The van der Waals surface area contributed by atoms with Gasteiger partial charge in [0.25, 0.3) is 0 Å². The molecule has 0 aliphatic rings. The Labute approximate surface area is 106 Å². The number of carbonyl (C=O) groups excluding carboxylic acids is 1. The zero-order valence-corrected chi connectivity index (χ0v) is 10.8. The molecule has 0 aliphatic heterocycles. The highest BCUT2D eigenvalue weighted by molar-refractivity contribution is 5.80. The summed E-state index contributed by atoms with van der Waals surface area (Å²) in [5, 5.41) is 2.69. The van der Waals surface area contributed by atoms with Gasteiger partial charge in [-0.15, -0.1) is 0 Å². The van der Waals surface area contributed by atoms with Crippen LogP contribution in [0.25, 0.3) is 0 Å². The van der Waals surface area contributed by atoms with Crippen LogP contribution in [0.3, 0.4) is 0 Å². The Morgan fingerprint density at radius 3 is 2.72 bits per heavy atom. The molecule has 1 rings (SSSR count). The summed E-state index contributed by atoms with van der Waals surface area (Å²) >= 11 is 0. The summed E-state index contributed by atoms with van der Waals surface area (Å²) in [6, 6.07) is 0.155. The number of anilines is 2. The normalized spacial score (nSPS) is 9.94. The van der Waals surface area contributed by atoms with Crippen LogP contribution in [0.2, 0.25) is 0 Å². The van der Waals surface area contributed by atoms with E-state index in [-0.39, 0.29) is 24.4 Å². The van der Waals surface area contributed by atoms with E-state index in [4.69, 9.17) is 10.5 Å². The molecule has 0 fully saturated rings. The van der Waals surface area contributed by atoms with E-state index >= 15 is 0 Å². The van der Waals surface area contributed by atoms with Gasteiger partial charge in [-0.25, -0.2) is 0 Å². The van der Waals surface area contributed by atoms with E-state index in [1.165, 1.54) is 0 Å². The van der Waals surface area contributed by atoms with Gasteiger partial charge in [0.1, 0.15) is 0 Å². The highest BCUT2D eigenvalue weighted by Gasteiger charge is 2.12. The van der Waals surface area contributed by atoms with Gasteiger partial charge in [-0.1, -0.05) is 0 Å². The first-order valence-corrected chi connectivity index (χ1v) is 5.69. The van der Waals surface area contributed by atoms with E-state index in [1.54, 1.807) is 11.9 Å². The quantitative estimate of drug-likeness (QED) is 0.699. The van der Waals surface area contributed by atoms with Gasteiger partial charge in [0, 0.05) is 13.6 Å². The van der Waals surface area contributed by atoms with Gasteiger partial charge in [-0.2, -0.15) is 15.0 Å². The van der Waals surface area contributed by atoms with Crippen molar-refractivity contribution in [2.45, 2.75) is 13.8 Å². The molecule has 100 valence electrons. The van der Waals surface area contributed by atoms with Crippen molar-refractivity contribution in [3.63, 3.8) is 0 Å². The van der Waals surface area contributed by atoms with Gasteiger partial charge in [-0.3, -0.25) is 4.79 Å². The lowest BCUT2D eigenvalue weighted by atomic mass is 10.5. The van der Waals surface area contributed by atoms with E-state index in [9.17, 15) is 4.79 Å². The van der Waals surface area contributed by atoms with Crippen molar-refractivity contribution in [3.8, 4) is 6.01 Å². The zero-order chi connectivity index (χ0) is 13.5. The number of rotatable bonds is 6. The highest BCUT2D eigenvalue weighted by Crippen LogP contribution is 2.11. The maximum absolute atomic E-state index is 11.4. The molecule has 0 unspecified atom stereocenters. The minimum Gasteiger partial charge on any atom is -0.464 e. The Balaban J connectivity index is 2.78. The summed E-state index contributed by atoms with van der Waals surface area (Å²) in [4.78, 5) is 24.8. The fraction of sp³-hybridized carbons (Fsp3) is 0.600. The minimum atomic E-state index is -0.114. The van der Waals surface area contributed by atoms with E-state index in [0.29, 0.717) is 19.1 Å². The number of nitrogens with two attached hydrogens (primary N) is 1. The molecule has 0 radical (unpaired) electrons. The summed E-state index contributed by atoms with van der Waals surface area (Å²) < 4.78 is 5.16. The lowest BCUT2D eigenvalue weighted by molar-refractivity contribution is -0.119. The fourth-order valence-electron chi connectivity index (χ4n) is 1.26. The molecular weight excluding hydrogens is 236 g/mol. The molecule has 3 N–H and O–H groups in total. The van der Waals surface area contributed by atoms with Crippen LogP contribution in [-0.2, 0) is 4.79 Å². The van der Waals surface area contributed by atoms with E-state index in [0.717, 1.165) is 0 Å². The Morgan fingerprint density at radius 1 is 1.39 bits per heavy atom. The second kappa shape index (κ2) is 6.58. The third-order valence-corrected chi connectivity index (χ3v) is 1.99. The van der Waals surface area contributed by atoms with Crippen molar-refractivity contribution < 1.29 is 9.53 Å². The average molecular weight is 254 g/mol. The summed E-state index contributed by atoms with van der Waals surface area (Å²) in [5.41, 5.74) is 5.55. The van der Waals surface area contributed by atoms with Crippen LogP contribution in [0.5, 0.6) is 6.01 Å². The standard InChI is InChI=1S/C10H18N6O2/c1-4-12-7(17)6-16(3)9-13-8(11)14-10(15-9)18-5-2/h4-6H2,1-3H3,(H,12,17)(H2,11,13,14,15). The fourth-order valence-corrected chi connectivity index (χ4v) is 1.26. The first-order chi connectivity index (χ1) is 8.56. The molecule has 0 spiro atoms. The molecule has 1 heterocycles. The Hall–Kier alpha value is -2.12. The van der Waals surface area contributed by atoms with E-state index in [1.807, 2.05) is 13.8 Å². The molecule has 1 aromatic rings. The molecule has 0 aromatic carbocycles. The predicted molar refractivity (Wildman–Crippen MR) is 67.4 cm³/mol.